The fourth-order valence-corrected chi connectivity index (χ4v) is 3.32. The number of halogens is 1. The van der Waals surface area contributed by atoms with Gasteiger partial charge in [-0.3, -0.25) is 15.0 Å². The number of rotatable bonds is 7. The summed E-state index contributed by atoms with van der Waals surface area (Å²) in [5.41, 5.74) is 1.83. The van der Waals surface area contributed by atoms with Crippen LogP contribution in [0.5, 0.6) is 0 Å². The molecule has 0 atom stereocenters. The zero-order valence-corrected chi connectivity index (χ0v) is 16.3. The molecule has 1 aliphatic rings. The van der Waals surface area contributed by atoms with E-state index >= 15 is 0 Å². The lowest BCUT2D eigenvalue weighted by molar-refractivity contribution is -0.386. The SMILES string of the molecule is Cc1nn(CN(Cc2nnc(-c3ccc(Cl)cc3)o2)C2CC2)c(C)c1[N+](=O)[O-]. The Morgan fingerprint density at radius 2 is 2.00 bits per heavy atom. The van der Waals surface area contributed by atoms with E-state index in [9.17, 15) is 10.1 Å². The summed E-state index contributed by atoms with van der Waals surface area (Å²) in [4.78, 5) is 13.0. The molecule has 2 aromatic heterocycles. The second-order valence-corrected chi connectivity index (χ2v) is 7.34. The van der Waals surface area contributed by atoms with Crippen molar-refractivity contribution >= 4 is 17.3 Å². The maximum absolute atomic E-state index is 11.2. The first-order chi connectivity index (χ1) is 13.4. The van der Waals surface area contributed by atoms with Gasteiger partial charge in [-0.1, -0.05) is 11.6 Å². The minimum absolute atomic E-state index is 0.0681. The van der Waals surface area contributed by atoms with Crippen LogP contribution in [-0.4, -0.2) is 35.8 Å². The van der Waals surface area contributed by atoms with Crippen molar-refractivity contribution in [2.75, 3.05) is 0 Å². The van der Waals surface area contributed by atoms with Crippen LogP contribution in [0, 0.1) is 24.0 Å². The summed E-state index contributed by atoms with van der Waals surface area (Å²) < 4.78 is 7.48. The molecule has 0 amide bonds. The van der Waals surface area contributed by atoms with Crippen LogP contribution in [0.3, 0.4) is 0 Å². The lowest BCUT2D eigenvalue weighted by Crippen LogP contribution is -2.29. The van der Waals surface area contributed by atoms with Gasteiger partial charge in [0.25, 0.3) is 0 Å². The van der Waals surface area contributed by atoms with Crippen molar-refractivity contribution in [2.24, 2.45) is 0 Å². The summed E-state index contributed by atoms with van der Waals surface area (Å²) in [5, 5.41) is 24.5. The second kappa shape index (κ2) is 7.33. The molecule has 1 fully saturated rings. The smallest absolute Gasteiger partial charge is 0.312 e. The summed E-state index contributed by atoms with van der Waals surface area (Å²) in [5.74, 6) is 0.928. The van der Waals surface area contributed by atoms with Gasteiger partial charge in [0.15, 0.2) is 0 Å². The summed E-state index contributed by atoms with van der Waals surface area (Å²) >= 11 is 5.91. The highest BCUT2D eigenvalue weighted by Crippen LogP contribution is 2.30. The summed E-state index contributed by atoms with van der Waals surface area (Å²) in [7, 11) is 0. The first-order valence-corrected chi connectivity index (χ1v) is 9.31. The van der Waals surface area contributed by atoms with Gasteiger partial charge in [-0.2, -0.15) is 5.10 Å². The summed E-state index contributed by atoms with van der Waals surface area (Å²) in [6, 6.07) is 7.58. The van der Waals surface area contributed by atoms with Crippen LogP contribution in [0.25, 0.3) is 11.5 Å². The first-order valence-electron chi connectivity index (χ1n) is 8.93. The normalized spacial score (nSPS) is 14.0. The lowest BCUT2D eigenvalue weighted by atomic mass is 10.2. The number of benzene rings is 1. The molecule has 10 heteroatoms. The number of aryl methyl sites for hydroxylation is 1. The first kappa shape index (κ1) is 18.6. The van der Waals surface area contributed by atoms with Gasteiger partial charge in [0.1, 0.15) is 11.4 Å². The molecule has 1 aliphatic carbocycles. The van der Waals surface area contributed by atoms with E-state index in [1.54, 1.807) is 30.7 Å². The van der Waals surface area contributed by atoms with Crippen molar-refractivity contribution in [3.05, 3.63) is 56.7 Å². The number of nitro groups is 1. The highest BCUT2D eigenvalue weighted by molar-refractivity contribution is 6.30. The van der Waals surface area contributed by atoms with Crippen LogP contribution in [0.4, 0.5) is 5.69 Å². The third-order valence-corrected chi connectivity index (χ3v) is 5.05. The maximum atomic E-state index is 11.2. The Morgan fingerprint density at radius 1 is 1.29 bits per heavy atom. The van der Waals surface area contributed by atoms with E-state index in [0.29, 0.717) is 47.4 Å². The Labute approximate surface area is 166 Å². The third kappa shape index (κ3) is 3.76. The second-order valence-electron chi connectivity index (χ2n) is 6.90. The van der Waals surface area contributed by atoms with Crippen molar-refractivity contribution < 1.29 is 9.34 Å². The highest BCUT2D eigenvalue weighted by Gasteiger charge is 2.32. The average molecular weight is 403 g/mol. The molecule has 0 spiro atoms. The van der Waals surface area contributed by atoms with Gasteiger partial charge in [-0.25, -0.2) is 4.68 Å². The molecular weight excluding hydrogens is 384 g/mol. The molecule has 4 rings (SSSR count). The van der Waals surface area contributed by atoms with E-state index in [0.717, 1.165) is 18.4 Å². The van der Waals surface area contributed by atoms with E-state index in [4.69, 9.17) is 16.0 Å². The molecule has 0 bridgehead atoms. The van der Waals surface area contributed by atoms with E-state index in [2.05, 4.69) is 20.2 Å². The van der Waals surface area contributed by atoms with E-state index in [1.165, 1.54) is 0 Å². The van der Waals surface area contributed by atoms with Gasteiger partial charge in [-0.05, 0) is 51.0 Å². The Kier molecular flexibility index (Phi) is 4.86. The highest BCUT2D eigenvalue weighted by atomic mass is 35.5. The molecule has 0 unspecified atom stereocenters. The minimum Gasteiger partial charge on any atom is -0.419 e. The number of aromatic nitrogens is 4. The van der Waals surface area contributed by atoms with Crippen molar-refractivity contribution in [1.82, 2.24) is 24.9 Å². The molecule has 146 valence electrons. The van der Waals surface area contributed by atoms with Crippen LogP contribution in [0.1, 0.15) is 30.1 Å². The van der Waals surface area contributed by atoms with E-state index < -0.39 is 0 Å². The number of nitrogens with zero attached hydrogens (tertiary/aromatic N) is 6. The third-order valence-electron chi connectivity index (χ3n) is 4.80. The van der Waals surface area contributed by atoms with Gasteiger partial charge in [-0.15, -0.1) is 10.2 Å². The predicted octanol–water partition coefficient (Wildman–Crippen LogP) is 3.73. The van der Waals surface area contributed by atoms with Crippen molar-refractivity contribution in [3.8, 4) is 11.5 Å². The van der Waals surface area contributed by atoms with Crippen molar-refractivity contribution in [1.29, 1.82) is 0 Å². The number of hydrogen-bond acceptors (Lipinski definition) is 7. The van der Waals surface area contributed by atoms with Gasteiger partial charge < -0.3 is 4.42 Å². The Hall–Kier alpha value is -2.78. The predicted molar refractivity (Wildman–Crippen MR) is 102 cm³/mol. The zero-order valence-electron chi connectivity index (χ0n) is 15.5. The monoisotopic (exact) mass is 402 g/mol. The minimum atomic E-state index is -0.383. The van der Waals surface area contributed by atoms with Gasteiger partial charge in [0, 0.05) is 16.6 Å². The number of hydrogen-bond donors (Lipinski definition) is 0. The van der Waals surface area contributed by atoms with Crippen LogP contribution >= 0.6 is 11.6 Å². The Morgan fingerprint density at radius 3 is 2.61 bits per heavy atom. The van der Waals surface area contributed by atoms with Crippen LogP contribution in [0.2, 0.25) is 5.02 Å². The van der Waals surface area contributed by atoms with Gasteiger partial charge in [0.05, 0.1) is 18.1 Å². The molecule has 9 nitrogen and oxygen atoms in total. The molecule has 28 heavy (non-hydrogen) atoms. The quantitative estimate of drug-likeness (QED) is 0.438. The van der Waals surface area contributed by atoms with Crippen LogP contribution < -0.4 is 0 Å². The molecule has 1 saturated carbocycles. The Bertz CT molecular complexity index is 1010. The molecule has 2 heterocycles. The van der Waals surface area contributed by atoms with Crippen molar-refractivity contribution in [3.63, 3.8) is 0 Å². The van der Waals surface area contributed by atoms with Gasteiger partial charge in [0.2, 0.25) is 11.8 Å². The lowest BCUT2D eigenvalue weighted by Gasteiger charge is -2.20. The molecule has 0 radical (unpaired) electrons. The van der Waals surface area contributed by atoms with Crippen molar-refractivity contribution in [2.45, 2.75) is 45.9 Å². The maximum Gasteiger partial charge on any atom is 0.312 e. The van der Waals surface area contributed by atoms with Gasteiger partial charge >= 0.3 is 5.69 Å². The fourth-order valence-electron chi connectivity index (χ4n) is 3.20. The zero-order chi connectivity index (χ0) is 19.8. The molecule has 0 aliphatic heterocycles. The van der Waals surface area contributed by atoms with Crippen LogP contribution in [-0.2, 0) is 13.2 Å². The Balaban J connectivity index is 1.52. The molecular formula is C18H19ClN6O3. The fraction of sp³-hybridized carbons (Fsp3) is 0.389. The average Bonchev–Trinajstić information content (AvgIpc) is 3.33. The standard InChI is InChI=1S/C18H19ClN6O3/c1-11-17(25(26)27)12(2)24(22-11)10-23(15-7-8-15)9-16-20-21-18(28-16)13-3-5-14(19)6-4-13/h3-6,15H,7-10H2,1-2H3. The van der Waals surface area contributed by atoms with E-state index in [1.807, 2.05) is 12.1 Å². The summed E-state index contributed by atoms with van der Waals surface area (Å²) in [6.45, 7) is 4.26. The molecule has 3 aromatic rings. The molecule has 0 saturated heterocycles. The largest absolute Gasteiger partial charge is 0.419 e. The topological polar surface area (TPSA) is 103 Å². The van der Waals surface area contributed by atoms with Crippen LogP contribution in [0.15, 0.2) is 28.7 Å². The van der Waals surface area contributed by atoms with E-state index in [-0.39, 0.29) is 10.6 Å². The molecule has 1 aromatic carbocycles. The molecule has 0 N–H and O–H groups in total. The summed E-state index contributed by atoms with van der Waals surface area (Å²) in [6.07, 6.45) is 2.14.